The summed E-state index contributed by atoms with van der Waals surface area (Å²) in [4.78, 5) is 40.0. The summed E-state index contributed by atoms with van der Waals surface area (Å²) in [5, 5.41) is 0. The number of hydrogen-bond acceptors (Lipinski definition) is 7. The van der Waals surface area contributed by atoms with Crippen molar-refractivity contribution in [2.75, 3.05) is 13.2 Å². The summed E-state index contributed by atoms with van der Waals surface area (Å²) < 4.78 is 22.0. The first kappa shape index (κ1) is 27.7. The Morgan fingerprint density at radius 3 is 2.00 bits per heavy atom. The molecule has 8 nitrogen and oxygen atoms in total. The zero-order valence-electron chi connectivity index (χ0n) is 21.6. The smallest absolute Gasteiger partial charge is 0.410 e. The van der Waals surface area contributed by atoms with Crippen LogP contribution in [0.3, 0.4) is 0 Å². The molecular weight excluding hydrogens is 474 g/mol. The van der Waals surface area contributed by atoms with Gasteiger partial charge in [0.2, 0.25) is 0 Å². The van der Waals surface area contributed by atoms with Crippen LogP contribution in [0.5, 0.6) is 0 Å². The summed E-state index contributed by atoms with van der Waals surface area (Å²) in [5.74, 6) is -3.02. The molecule has 1 fully saturated rings. The van der Waals surface area contributed by atoms with E-state index in [4.69, 9.17) is 18.9 Å². The highest BCUT2D eigenvalue weighted by molar-refractivity contribution is 6.15. The molecule has 2 aromatic rings. The summed E-state index contributed by atoms with van der Waals surface area (Å²) in [7, 11) is 0. The molecule has 0 aliphatic carbocycles. The lowest BCUT2D eigenvalue weighted by Crippen LogP contribution is -2.45. The predicted molar refractivity (Wildman–Crippen MR) is 137 cm³/mol. The Morgan fingerprint density at radius 2 is 1.46 bits per heavy atom. The average molecular weight is 508 g/mol. The lowest BCUT2D eigenvalue weighted by atomic mass is 10.1. The second-order valence-corrected chi connectivity index (χ2v) is 9.30. The molecule has 1 heterocycles. The van der Waals surface area contributed by atoms with Gasteiger partial charge in [-0.25, -0.2) is 14.4 Å². The van der Waals surface area contributed by atoms with Crippen LogP contribution in [0.15, 0.2) is 84.0 Å². The third-order valence-electron chi connectivity index (χ3n) is 5.41. The van der Waals surface area contributed by atoms with E-state index in [9.17, 15) is 14.4 Å². The van der Waals surface area contributed by atoms with Gasteiger partial charge < -0.3 is 18.9 Å². The molecule has 0 bridgehead atoms. The van der Waals surface area contributed by atoms with Gasteiger partial charge in [0.25, 0.3) is 5.79 Å². The van der Waals surface area contributed by atoms with Gasteiger partial charge in [0.15, 0.2) is 0 Å². The van der Waals surface area contributed by atoms with Crippen molar-refractivity contribution < 1.29 is 33.3 Å². The number of carbonyl (C=O) groups is 3. The van der Waals surface area contributed by atoms with Crippen LogP contribution in [0.2, 0.25) is 0 Å². The van der Waals surface area contributed by atoms with Gasteiger partial charge in [-0.15, -0.1) is 0 Å². The lowest BCUT2D eigenvalue weighted by molar-refractivity contribution is -0.222. The lowest BCUT2D eigenvalue weighted by Gasteiger charge is -2.32. The predicted octanol–water partition coefficient (Wildman–Crippen LogP) is 4.94. The Labute approximate surface area is 217 Å². The van der Waals surface area contributed by atoms with Crippen LogP contribution >= 0.6 is 0 Å². The number of nitrogens with zero attached hydrogens (tertiary/aromatic N) is 1. The molecule has 0 unspecified atom stereocenters. The van der Waals surface area contributed by atoms with Crippen molar-refractivity contribution in [3.8, 4) is 0 Å². The van der Waals surface area contributed by atoms with Crippen LogP contribution in [-0.2, 0) is 41.8 Å². The standard InChI is InChI=1S/C29H33NO7/c1-21(2)15-16-30(28(33)35-19-23-13-9-6-10-14-23)24(20-34-18-22-11-7-5-8-12-22)17-25-26(31)36-29(3,4)37-27(25)32/h5-15,17,24H,16,18-20H2,1-4H3/t24-/m0/s1. The molecule has 1 aliphatic rings. The van der Waals surface area contributed by atoms with Crippen LogP contribution in [0.25, 0.3) is 0 Å². The molecule has 8 heteroatoms. The molecule has 196 valence electrons. The number of rotatable bonds is 10. The minimum Gasteiger partial charge on any atom is -0.445 e. The Hall–Kier alpha value is -3.91. The number of hydrogen-bond donors (Lipinski definition) is 0. The second-order valence-electron chi connectivity index (χ2n) is 9.30. The van der Waals surface area contributed by atoms with E-state index in [0.29, 0.717) is 0 Å². The van der Waals surface area contributed by atoms with E-state index in [-0.39, 0.29) is 31.9 Å². The molecule has 37 heavy (non-hydrogen) atoms. The highest BCUT2D eigenvalue weighted by Crippen LogP contribution is 2.24. The fraction of sp³-hybridized carbons (Fsp3) is 0.345. The molecule has 3 rings (SSSR count). The normalized spacial score (nSPS) is 15.2. The summed E-state index contributed by atoms with van der Waals surface area (Å²) in [5.41, 5.74) is 2.45. The molecule has 0 saturated carbocycles. The van der Waals surface area contributed by atoms with Gasteiger partial charge in [-0.2, -0.15) is 0 Å². The van der Waals surface area contributed by atoms with Gasteiger partial charge >= 0.3 is 18.0 Å². The summed E-state index contributed by atoms with van der Waals surface area (Å²) in [6.07, 6.45) is 2.59. The molecule has 1 amide bonds. The number of benzene rings is 2. The maximum Gasteiger partial charge on any atom is 0.410 e. The van der Waals surface area contributed by atoms with Crippen LogP contribution in [0.1, 0.15) is 38.8 Å². The molecule has 1 aliphatic heterocycles. The van der Waals surface area contributed by atoms with E-state index in [1.165, 1.54) is 24.8 Å². The van der Waals surface area contributed by atoms with Gasteiger partial charge in [0.1, 0.15) is 12.2 Å². The van der Waals surface area contributed by atoms with Crippen LogP contribution in [-0.4, -0.2) is 47.9 Å². The fourth-order valence-electron chi connectivity index (χ4n) is 3.52. The van der Waals surface area contributed by atoms with Gasteiger partial charge in [-0.1, -0.05) is 72.3 Å². The molecular formula is C29H33NO7. The van der Waals surface area contributed by atoms with E-state index < -0.39 is 29.9 Å². The Morgan fingerprint density at radius 1 is 0.919 bits per heavy atom. The third kappa shape index (κ3) is 8.61. The molecule has 0 spiro atoms. The topological polar surface area (TPSA) is 91.4 Å². The molecule has 2 aromatic carbocycles. The van der Waals surface area contributed by atoms with Crippen molar-refractivity contribution in [3.05, 3.63) is 95.1 Å². The largest absolute Gasteiger partial charge is 0.445 e. The van der Waals surface area contributed by atoms with Crippen molar-refractivity contribution >= 4 is 18.0 Å². The molecule has 0 radical (unpaired) electrons. The molecule has 0 aromatic heterocycles. The number of amides is 1. The maximum atomic E-state index is 13.3. The van der Waals surface area contributed by atoms with E-state index in [1.807, 2.05) is 80.6 Å². The Bertz CT molecular complexity index is 1110. The third-order valence-corrected chi connectivity index (χ3v) is 5.41. The van der Waals surface area contributed by atoms with Crippen LogP contribution < -0.4 is 0 Å². The number of cyclic esters (lactones) is 2. The Balaban J connectivity index is 1.87. The van der Waals surface area contributed by atoms with E-state index >= 15 is 0 Å². The van der Waals surface area contributed by atoms with Gasteiger partial charge in [0.05, 0.1) is 19.3 Å². The van der Waals surface area contributed by atoms with Crippen LogP contribution in [0.4, 0.5) is 4.79 Å². The second kappa shape index (κ2) is 12.9. The zero-order valence-corrected chi connectivity index (χ0v) is 21.6. The van der Waals surface area contributed by atoms with Crippen molar-refractivity contribution in [3.63, 3.8) is 0 Å². The summed E-state index contributed by atoms with van der Waals surface area (Å²) in [6.45, 7) is 7.28. The minimum atomic E-state index is -1.37. The van der Waals surface area contributed by atoms with Crippen molar-refractivity contribution in [1.29, 1.82) is 0 Å². The van der Waals surface area contributed by atoms with Crippen LogP contribution in [0, 0.1) is 0 Å². The van der Waals surface area contributed by atoms with Crippen molar-refractivity contribution in [2.45, 2.75) is 52.7 Å². The monoisotopic (exact) mass is 507 g/mol. The number of carbonyl (C=O) groups excluding carboxylic acids is 3. The van der Waals surface area contributed by atoms with Crippen molar-refractivity contribution in [2.24, 2.45) is 0 Å². The quantitative estimate of drug-likeness (QED) is 0.195. The van der Waals surface area contributed by atoms with E-state index in [1.54, 1.807) is 0 Å². The highest BCUT2D eigenvalue weighted by atomic mass is 16.7. The average Bonchev–Trinajstić information content (AvgIpc) is 2.85. The SMILES string of the molecule is CC(C)=CCN(C(=O)OCc1ccccc1)[C@@H](C=C1C(=O)OC(C)(C)OC1=O)COCc1ccccc1. The van der Waals surface area contributed by atoms with E-state index in [0.717, 1.165) is 16.7 Å². The molecule has 0 N–H and O–H groups in total. The van der Waals surface area contributed by atoms with Gasteiger partial charge in [0, 0.05) is 20.4 Å². The number of ether oxygens (including phenoxy) is 4. The van der Waals surface area contributed by atoms with Crippen molar-refractivity contribution in [1.82, 2.24) is 4.90 Å². The summed E-state index contributed by atoms with van der Waals surface area (Å²) in [6, 6.07) is 18.0. The number of esters is 2. The molecule has 1 atom stereocenters. The maximum absolute atomic E-state index is 13.3. The van der Waals surface area contributed by atoms with E-state index in [2.05, 4.69) is 0 Å². The van der Waals surface area contributed by atoms with Gasteiger partial charge in [-0.05, 0) is 31.1 Å². The molecule has 1 saturated heterocycles. The first-order valence-electron chi connectivity index (χ1n) is 12.1. The first-order valence-corrected chi connectivity index (χ1v) is 12.1. The highest BCUT2D eigenvalue weighted by Gasteiger charge is 2.40. The number of allylic oxidation sites excluding steroid dienone is 1. The first-order chi connectivity index (χ1) is 17.6. The summed E-state index contributed by atoms with van der Waals surface area (Å²) >= 11 is 0. The zero-order chi connectivity index (χ0) is 26.8. The minimum absolute atomic E-state index is 0.000609. The fourth-order valence-corrected chi connectivity index (χ4v) is 3.52. The van der Waals surface area contributed by atoms with Gasteiger partial charge in [-0.3, -0.25) is 4.90 Å². The Kier molecular flexibility index (Phi) is 9.63.